The molecule has 1 heterocycles. The number of aliphatic hydroxyl groups is 5. The number of hydrogen-bond acceptors (Lipinski definition) is 15. The molecule has 0 saturated heterocycles. The molecule has 8 unspecified atom stereocenters. The van der Waals surface area contributed by atoms with Crippen molar-refractivity contribution >= 4 is 0 Å². The third-order valence-corrected chi connectivity index (χ3v) is 12.8. The Bertz CT molecular complexity index is 1990. The summed E-state index contributed by atoms with van der Waals surface area (Å²) in [6, 6.07) is 13.3. The van der Waals surface area contributed by atoms with Gasteiger partial charge in [0.05, 0.1) is 42.1 Å². The second kappa shape index (κ2) is 30.2. The molecule has 69 heavy (non-hydrogen) atoms. The second-order valence-electron chi connectivity index (χ2n) is 18.4. The SMILES string of the molecule is CCCCC(CC)COCC(O)COc1ccc(-c2nc(-c3ccc(OCC(O)COCC(CC)CCCC)cc3O)nc(-c3ccc(C(O)C(O)CC(O)C(CC)CCCC)cc3O)n2)c(O)c1. The number of aliphatic hydroxyl groups excluding tert-OH is 5. The van der Waals surface area contributed by atoms with E-state index in [0.717, 1.165) is 77.0 Å². The number of phenols is 3. The molecule has 4 aromatic rings. The lowest BCUT2D eigenvalue weighted by molar-refractivity contribution is -0.0278. The Morgan fingerprint density at radius 2 is 0.884 bits per heavy atom. The monoisotopic (exact) mass is 964 g/mol. The van der Waals surface area contributed by atoms with Crippen molar-refractivity contribution in [2.24, 2.45) is 17.8 Å². The van der Waals surface area contributed by atoms with E-state index in [1.54, 1.807) is 12.1 Å². The molecule has 8 atom stereocenters. The summed E-state index contributed by atoms with van der Waals surface area (Å²) in [5, 5.41) is 88.2. The summed E-state index contributed by atoms with van der Waals surface area (Å²) in [7, 11) is 0. The standard InChI is InChI=1S/C54H81N3O12/c1-7-13-16-35(10-4)29-66-31-39(58)33-68-41-20-23-44(48(62)26-41)53-55-52(43-22-19-38(25-47(43)61)51(65)50(64)28-46(60)37(12-6)18-15-9-3)56-54(57-53)45-24-21-42(27-49(45)63)69-34-40(59)32-67-30-36(11-5)17-14-8-2/h19-27,35-37,39-40,46,50-51,58-65H,7-18,28-34H2,1-6H3. The zero-order valence-electron chi connectivity index (χ0n) is 41.8. The van der Waals surface area contributed by atoms with Crippen molar-refractivity contribution in [1.82, 2.24) is 15.0 Å². The van der Waals surface area contributed by atoms with Crippen LogP contribution in [0.2, 0.25) is 0 Å². The van der Waals surface area contributed by atoms with Gasteiger partial charge in [-0.25, -0.2) is 15.0 Å². The van der Waals surface area contributed by atoms with E-state index < -0.39 is 30.5 Å². The molecule has 0 aliphatic heterocycles. The van der Waals surface area contributed by atoms with Gasteiger partial charge in [0, 0.05) is 31.8 Å². The minimum absolute atomic E-state index is 0.0191. The first-order valence-corrected chi connectivity index (χ1v) is 25.3. The molecule has 0 radical (unpaired) electrons. The number of rotatable bonds is 34. The van der Waals surface area contributed by atoms with E-state index in [9.17, 15) is 40.9 Å². The van der Waals surface area contributed by atoms with Gasteiger partial charge >= 0.3 is 0 Å². The van der Waals surface area contributed by atoms with Crippen molar-refractivity contribution < 1.29 is 59.8 Å². The summed E-state index contributed by atoms with van der Waals surface area (Å²) in [6.45, 7) is 13.8. The lowest BCUT2D eigenvalue weighted by Gasteiger charge is -2.26. The van der Waals surface area contributed by atoms with Gasteiger partial charge < -0.3 is 59.8 Å². The molecule has 1 aromatic heterocycles. The highest BCUT2D eigenvalue weighted by molar-refractivity contribution is 5.74. The van der Waals surface area contributed by atoms with Crippen molar-refractivity contribution in [1.29, 1.82) is 0 Å². The van der Waals surface area contributed by atoms with E-state index in [4.69, 9.17) is 18.9 Å². The largest absolute Gasteiger partial charge is 0.507 e. The predicted molar refractivity (Wildman–Crippen MR) is 267 cm³/mol. The van der Waals surface area contributed by atoms with Gasteiger partial charge in [0.1, 0.15) is 60.3 Å². The first kappa shape index (κ1) is 57.0. The lowest BCUT2D eigenvalue weighted by Crippen LogP contribution is -2.29. The van der Waals surface area contributed by atoms with Gasteiger partial charge in [-0.2, -0.15) is 0 Å². The summed E-state index contributed by atoms with van der Waals surface area (Å²) in [5.41, 5.74) is 0.653. The molecule has 3 aromatic carbocycles. The van der Waals surface area contributed by atoms with E-state index >= 15 is 0 Å². The van der Waals surface area contributed by atoms with Crippen LogP contribution < -0.4 is 9.47 Å². The predicted octanol–water partition coefficient (Wildman–Crippen LogP) is 9.30. The maximum atomic E-state index is 11.4. The Kier molecular flexibility index (Phi) is 24.9. The minimum Gasteiger partial charge on any atom is -0.507 e. The van der Waals surface area contributed by atoms with Crippen LogP contribution in [0, 0.1) is 17.8 Å². The normalized spacial score (nSPS) is 15.2. The Morgan fingerprint density at radius 3 is 1.28 bits per heavy atom. The highest BCUT2D eigenvalue weighted by atomic mass is 16.5. The van der Waals surface area contributed by atoms with E-state index in [0.29, 0.717) is 25.0 Å². The number of nitrogens with zero attached hydrogens (tertiary/aromatic N) is 3. The Hall–Kier alpha value is -4.61. The molecule has 0 aliphatic carbocycles. The fourth-order valence-corrected chi connectivity index (χ4v) is 8.18. The molecule has 0 bridgehead atoms. The molecule has 0 fully saturated rings. The van der Waals surface area contributed by atoms with E-state index in [1.807, 2.05) is 6.92 Å². The zero-order chi connectivity index (χ0) is 50.3. The van der Waals surface area contributed by atoms with Crippen molar-refractivity contribution in [3.63, 3.8) is 0 Å². The van der Waals surface area contributed by atoms with Crippen LogP contribution in [0.15, 0.2) is 54.6 Å². The molecule has 384 valence electrons. The zero-order valence-corrected chi connectivity index (χ0v) is 41.8. The van der Waals surface area contributed by atoms with Crippen LogP contribution in [0.25, 0.3) is 34.2 Å². The van der Waals surface area contributed by atoms with Crippen LogP contribution in [0.4, 0.5) is 0 Å². The molecular weight excluding hydrogens is 883 g/mol. The van der Waals surface area contributed by atoms with Crippen LogP contribution >= 0.6 is 0 Å². The molecule has 8 N–H and O–H groups in total. The summed E-state index contributed by atoms with van der Waals surface area (Å²) in [5.74, 6) is 0.442. The van der Waals surface area contributed by atoms with Crippen LogP contribution in [0.3, 0.4) is 0 Å². The molecule has 15 nitrogen and oxygen atoms in total. The lowest BCUT2D eigenvalue weighted by atomic mass is 9.88. The minimum atomic E-state index is -1.42. The number of hydrogen-bond donors (Lipinski definition) is 8. The fraction of sp³-hybridized carbons (Fsp3) is 0.611. The molecule has 15 heteroatoms. The molecule has 0 spiro atoms. The second-order valence-corrected chi connectivity index (χ2v) is 18.4. The number of phenolic OH excluding ortho intramolecular Hbond substituents is 3. The molecule has 0 aliphatic rings. The maximum absolute atomic E-state index is 11.4. The first-order valence-electron chi connectivity index (χ1n) is 25.3. The number of ether oxygens (including phenoxy) is 4. The van der Waals surface area contributed by atoms with Gasteiger partial charge in [-0.15, -0.1) is 0 Å². The van der Waals surface area contributed by atoms with Gasteiger partial charge in [0.15, 0.2) is 17.5 Å². The highest BCUT2D eigenvalue weighted by Gasteiger charge is 2.27. The molecule has 0 saturated carbocycles. The smallest absolute Gasteiger partial charge is 0.167 e. The number of aromatic hydroxyl groups is 3. The number of aromatic nitrogens is 3. The van der Waals surface area contributed by atoms with Gasteiger partial charge in [-0.3, -0.25) is 0 Å². The topological polar surface area (TPSA) is 237 Å². The average molecular weight is 964 g/mol. The molecule has 0 amide bonds. The van der Waals surface area contributed by atoms with Crippen molar-refractivity contribution in [3.8, 4) is 62.9 Å². The maximum Gasteiger partial charge on any atom is 0.167 e. The van der Waals surface area contributed by atoms with Gasteiger partial charge in [-0.1, -0.05) is 105 Å². The van der Waals surface area contributed by atoms with Crippen LogP contribution in [-0.4, -0.2) is 120 Å². The average Bonchev–Trinajstić information content (AvgIpc) is 3.34. The summed E-state index contributed by atoms with van der Waals surface area (Å²) in [4.78, 5) is 13.9. The number of benzene rings is 3. The molecular formula is C54H81N3O12. The molecule has 4 rings (SSSR count). The first-order chi connectivity index (χ1) is 33.2. The van der Waals surface area contributed by atoms with Gasteiger partial charge in [0.25, 0.3) is 0 Å². The van der Waals surface area contributed by atoms with Crippen LogP contribution in [0.5, 0.6) is 28.7 Å². The third-order valence-electron chi connectivity index (χ3n) is 12.8. The quantitative estimate of drug-likeness (QED) is 0.0218. The number of unbranched alkanes of at least 4 members (excludes halogenated alkanes) is 3. The van der Waals surface area contributed by atoms with Crippen LogP contribution in [-0.2, 0) is 9.47 Å². The Balaban J connectivity index is 1.59. The summed E-state index contributed by atoms with van der Waals surface area (Å²) in [6.07, 6.45) is 6.74. The van der Waals surface area contributed by atoms with Crippen molar-refractivity contribution in [2.75, 3.05) is 39.6 Å². The Morgan fingerprint density at radius 1 is 0.464 bits per heavy atom. The van der Waals surface area contributed by atoms with Gasteiger partial charge in [0.2, 0.25) is 0 Å². The van der Waals surface area contributed by atoms with Crippen molar-refractivity contribution in [2.45, 2.75) is 156 Å². The van der Waals surface area contributed by atoms with Crippen LogP contribution in [0.1, 0.15) is 137 Å². The summed E-state index contributed by atoms with van der Waals surface area (Å²) < 4.78 is 23.2. The Labute approximate surface area is 409 Å². The van der Waals surface area contributed by atoms with E-state index in [1.165, 1.54) is 42.5 Å². The third kappa shape index (κ3) is 18.3. The highest BCUT2D eigenvalue weighted by Crippen LogP contribution is 2.38. The van der Waals surface area contributed by atoms with E-state index in [-0.39, 0.29) is 107 Å². The summed E-state index contributed by atoms with van der Waals surface area (Å²) >= 11 is 0. The van der Waals surface area contributed by atoms with Crippen molar-refractivity contribution in [3.05, 3.63) is 60.2 Å². The van der Waals surface area contributed by atoms with Gasteiger partial charge in [-0.05, 0) is 79.0 Å². The van der Waals surface area contributed by atoms with E-state index in [2.05, 4.69) is 49.6 Å². The fourth-order valence-electron chi connectivity index (χ4n) is 8.18.